The molecular formula is C12H9Cl2NOS2. The summed E-state index contributed by atoms with van der Waals surface area (Å²) in [5, 5.41) is 1.04. The Balaban J connectivity index is 2.41. The van der Waals surface area contributed by atoms with Crippen LogP contribution in [-0.2, 0) is 4.79 Å². The highest BCUT2D eigenvalue weighted by Crippen LogP contribution is 2.35. The molecule has 1 saturated heterocycles. The smallest absolute Gasteiger partial charge is 0.266 e. The molecule has 0 aliphatic carbocycles. The minimum Gasteiger partial charge on any atom is -0.293 e. The number of hydrogen-bond acceptors (Lipinski definition) is 3. The molecule has 6 heteroatoms. The predicted octanol–water partition coefficient (Wildman–Crippen LogP) is 4.21. The molecule has 1 aromatic rings. The molecule has 2 rings (SSSR count). The second kappa shape index (κ2) is 5.61. The van der Waals surface area contributed by atoms with Crippen LogP contribution in [0.2, 0.25) is 10.0 Å². The fourth-order valence-electron chi connectivity index (χ4n) is 1.55. The first-order chi connectivity index (χ1) is 8.54. The van der Waals surface area contributed by atoms with E-state index in [2.05, 4.69) is 0 Å². The molecule has 0 atom stereocenters. The Kier molecular flexibility index (Phi) is 4.33. The number of rotatable bonds is 2. The highest BCUT2D eigenvalue weighted by Gasteiger charge is 2.30. The zero-order chi connectivity index (χ0) is 13.3. The van der Waals surface area contributed by atoms with Gasteiger partial charge in [0.2, 0.25) is 0 Å². The Morgan fingerprint density at radius 2 is 2.00 bits per heavy atom. The number of hydrogen-bond donors (Lipinski definition) is 0. The Hall–Kier alpha value is -0.550. The van der Waals surface area contributed by atoms with Crippen LogP contribution in [0.4, 0.5) is 0 Å². The van der Waals surface area contributed by atoms with Gasteiger partial charge in [-0.15, -0.1) is 0 Å². The third-order valence-electron chi connectivity index (χ3n) is 2.46. The van der Waals surface area contributed by atoms with Crippen molar-refractivity contribution in [2.24, 2.45) is 0 Å². The lowest BCUT2D eigenvalue weighted by Gasteiger charge is -2.09. The molecule has 1 aromatic carbocycles. The van der Waals surface area contributed by atoms with E-state index in [0.29, 0.717) is 31.4 Å². The topological polar surface area (TPSA) is 20.3 Å². The highest BCUT2D eigenvalue weighted by atomic mass is 35.5. The molecule has 1 heterocycles. The van der Waals surface area contributed by atoms with Crippen LogP contribution in [0.1, 0.15) is 12.5 Å². The minimum absolute atomic E-state index is 0.0940. The maximum absolute atomic E-state index is 12.0. The summed E-state index contributed by atoms with van der Waals surface area (Å²) in [4.78, 5) is 14.1. The van der Waals surface area contributed by atoms with E-state index < -0.39 is 0 Å². The summed E-state index contributed by atoms with van der Waals surface area (Å²) >= 11 is 18.5. The number of nitrogens with zero attached hydrogens (tertiary/aromatic N) is 1. The van der Waals surface area contributed by atoms with Crippen molar-refractivity contribution >= 4 is 63.5 Å². The lowest BCUT2D eigenvalue weighted by atomic mass is 10.2. The van der Waals surface area contributed by atoms with Crippen LogP contribution in [0, 0.1) is 0 Å². The van der Waals surface area contributed by atoms with Crippen molar-refractivity contribution < 1.29 is 4.79 Å². The van der Waals surface area contributed by atoms with Gasteiger partial charge in [0.05, 0.1) is 4.91 Å². The zero-order valence-corrected chi connectivity index (χ0v) is 12.6. The van der Waals surface area contributed by atoms with Gasteiger partial charge in [-0.2, -0.15) is 0 Å². The molecule has 94 valence electrons. The van der Waals surface area contributed by atoms with E-state index in [1.165, 1.54) is 11.8 Å². The second-order valence-electron chi connectivity index (χ2n) is 3.56. The molecule has 0 N–H and O–H groups in total. The predicted molar refractivity (Wildman–Crippen MR) is 82.0 cm³/mol. The first-order valence-corrected chi connectivity index (χ1v) is 7.22. The van der Waals surface area contributed by atoms with E-state index in [9.17, 15) is 4.79 Å². The number of likely N-dealkylation sites (N-methyl/N-ethyl adjacent to an activating group) is 1. The number of thioether (sulfide) groups is 1. The van der Waals surface area contributed by atoms with E-state index in [1.807, 2.05) is 6.92 Å². The van der Waals surface area contributed by atoms with Gasteiger partial charge in [-0.1, -0.05) is 53.2 Å². The number of amides is 1. The van der Waals surface area contributed by atoms with Crippen LogP contribution in [0.25, 0.3) is 6.08 Å². The summed E-state index contributed by atoms with van der Waals surface area (Å²) < 4.78 is 0.567. The average Bonchev–Trinajstić information content (AvgIpc) is 2.59. The van der Waals surface area contributed by atoms with E-state index in [-0.39, 0.29) is 5.91 Å². The molecule has 1 aliphatic heterocycles. The molecule has 18 heavy (non-hydrogen) atoms. The van der Waals surface area contributed by atoms with Gasteiger partial charge >= 0.3 is 0 Å². The van der Waals surface area contributed by atoms with Crippen molar-refractivity contribution in [1.29, 1.82) is 0 Å². The average molecular weight is 318 g/mol. The van der Waals surface area contributed by atoms with Gasteiger partial charge < -0.3 is 0 Å². The van der Waals surface area contributed by atoms with Crippen molar-refractivity contribution in [2.45, 2.75) is 6.92 Å². The molecule has 1 fully saturated rings. The van der Waals surface area contributed by atoms with Crippen LogP contribution < -0.4 is 0 Å². The highest BCUT2D eigenvalue weighted by molar-refractivity contribution is 8.26. The third-order valence-corrected chi connectivity index (χ3v) is 4.50. The van der Waals surface area contributed by atoms with Crippen molar-refractivity contribution in [1.82, 2.24) is 4.90 Å². The van der Waals surface area contributed by atoms with Crippen LogP contribution >= 0.6 is 47.2 Å². The fourth-order valence-corrected chi connectivity index (χ4v) is 3.42. The summed E-state index contributed by atoms with van der Waals surface area (Å²) in [5.74, 6) is -0.0940. The minimum atomic E-state index is -0.0940. The Bertz CT molecular complexity index is 537. The van der Waals surface area contributed by atoms with Gasteiger partial charge in [-0.25, -0.2) is 0 Å². The number of carbonyl (C=O) groups is 1. The Labute approximate surface area is 125 Å². The standard InChI is InChI=1S/C12H9Cl2NOS2/c1-2-15-11(16)10(18-12(15)17)6-7-8(13)4-3-5-9(7)14/h3-6H,2H2,1H3/b10-6-. The lowest BCUT2D eigenvalue weighted by Crippen LogP contribution is -2.27. The molecule has 0 unspecified atom stereocenters. The largest absolute Gasteiger partial charge is 0.293 e. The molecule has 0 radical (unpaired) electrons. The molecular weight excluding hydrogens is 309 g/mol. The number of thiocarbonyl (C=S) groups is 1. The summed E-state index contributed by atoms with van der Waals surface area (Å²) in [7, 11) is 0. The maximum atomic E-state index is 12.0. The van der Waals surface area contributed by atoms with Crippen molar-refractivity contribution in [3.05, 3.63) is 38.7 Å². The quantitative estimate of drug-likeness (QED) is 0.602. The summed E-state index contributed by atoms with van der Waals surface area (Å²) in [5.41, 5.74) is 0.650. The summed E-state index contributed by atoms with van der Waals surface area (Å²) in [6.45, 7) is 2.45. The first kappa shape index (κ1) is 13.9. The third kappa shape index (κ3) is 2.57. The van der Waals surface area contributed by atoms with Crippen LogP contribution in [0.3, 0.4) is 0 Å². The molecule has 1 amide bonds. The van der Waals surface area contributed by atoms with Gasteiger partial charge in [-0.3, -0.25) is 9.69 Å². The van der Waals surface area contributed by atoms with Crippen LogP contribution in [0.5, 0.6) is 0 Å². The van der Waals surface area contributed by atoms with Gasteiger partial charge in [0, 0.05) is 22.2 Å². The second-order valence-corrected chi connectivity index (χ2v) is 6.05. The number of benzene rings is 1. The maximum Gasteiger partial charge on any atom is 0.266 e. The first-order valence-electron chi connectivity index (χ1n) is 5.24. The molecule has 1 aliphatic rings. The van der Waals surface area contributed by atoms with E-state index in [4.69, 9.17) is 35.4 Å². The van der Waals surface area contributed by atoms with Crippen LogP contribution in [0.15, 0.2) is 23.1 Å². The molecule has 0 spiro atoms. The van der Waals surface area contributed by atoms with Gasteiger partial charge in [0.25, 0.3) is 5.91 Å². The molecule has 0 aromatic heterocycles. The molecule has 0 saturated carbocycles. The van der Waals surface area contributed by atoms with Crippen molar-refractivity contribution in [3.63, 3.8) is 0 Å². The Morgan fingerprint density at radius 1 is 1.39 bits per heavy atom. The summed E-state index contributed by atoms with van der Waals surface area (Å²) in [6, 6.07) is 5.24. The molecule has 0 bridgehead atoms. The monoisotopic (exact) mass is 317 g/mol. The zero-order valence-electron chi connectivity index (χ0n) is 9.44. The van der Waals surface area contributed by atoms with E-state index in [0.717, 1.165) is 0 Å². The normalized spacial score (nSPS) is 17.9. The summed E-state index contributed by atoms with van der Waals surface area (Å²) in [6.07, 6.45) is 1.69. The Morgan fingerprint density at radius 3 is 2.50 bits per heavy atom. The van der Waals surface area contributed by atoms with Crippen molar-refractivity contribution in [3.8, 4) is 0 Å². The van der Waals surface area contributed by atoms with E-state index in [1.54, 1.807) is 29.2 Å². The SMILES string of the molecule is CCN1C(=O)/C(=C/c2c(Cl)cccc2Cl)SC1=S. The van der Waals surface area contributed by atoms with Crippen molar-refractivity contribution in [2.75, 3.05) is 6.54 Å². The van der Waals surface area contributed by atoms with Gasteiger partial charge in [0.1, 0.15) is 4.32 Å². The van der Waals surface area contributed by atoms with E-state index >= 15 is 0 Å². The van der Waals surface area contributed by atoms with Crippen LogP contribution in [-0.4, -0.2) is 21.7 Å². The fraction of sp³-hybridized carbons (Fsp3) is 0.167. The number of carbonyl (C=O) groups excluding carboxylic acids is 1. The number of halogens is 2. The lowest BCUT2D eigenvalue weighted by molar-refractivity contribution is -0.121. The van der Waals surface area contributed by atoms with Gasteiger partial charge in [0.15, 0.2) is 0 Å². The molecule has 2 nitrogen and oxygen atoms in total. The van der Waals surface area contributed by atoms with Gasteiger partial charge in [-0.05, 0) is 25.1 Å².